The first-order valence-corrected chi connectivity index (χ1v) is 5.30. The summed E-state index contributed by atoms with van der Waals surface area (Å²) in [6.07, 6.45) is -5.50. The van der Waals surface area contributed by atoms with Crippen LogP contribution in [0, 0.1) is 17.0 Å². The Morgan fingerprint density at radius 1 is 1.38 bits per heavy atom. The number of hydrogen-bond acceptors (Lipinski definition) is 6. The molecule has 1 aromatic rings. The number of hydrogen-bond donors (Lipinski definition) is 1. The van der Waals surface area contributed by atoms with E-state index < -0.39 is 45.2 Å². The van der Waals surface area contributed by atoms with Crippen LogP contribution >= 0.6 is 0 Å². The Labute approximate surface area is 115 Å². The van der Waals surface area contributed by atoms with E-state index in [1.165, 1.54) is 0 Å². The summed E-state index contributed by atoms with van der Waals surface area (Å²) in [7, 11) is 0.613. The Morgan fingerprint density at radius 3 is 2.29 bits per heavy atom. The number of carbonyl (C=O) groups excluding carboxylic acids is 1. The van der Waals surface area contributed by atoms with Crippen molar-refractivity contribution in [2.75, 3.05) is 7.11 Å². The van der Waals surface area contributed by atoms with Crippen LogP contribution in [-0.2, 0) is 15.1 Å². The first kappa shape index (κ1) is 16.7. The minimum atomic E-state index is -5.50. The monoisotopic (exact) mass is 308 g/mol. The standard InChI is InChI=1S/C11H10F3NO6/c1-5-3-6(4-7(8(5)16)15(19)20)10(18,9(17)21-2)11(12,13)14/h3-4,16,18H,1-2H3/p-1/t10-/m0/s1. The molecule has 0 aromatic heterocycles. The van der Waals surface area contributed by atoms with Gasteiger partial charge in [0.15, 0.2) is 0 Å². The fraction of sp³-hybridized carbons (Fsp3) is 0.364. The molecule has 0 bridgehead atoms. The van der Waals surface area contributed by atoms with Crippen LogP contribution in [0.1, 0.15) is 11.1 Å². The van der Waals surface area contributed by atoms with Gasteiger partial charge in [-0.1, -0.05) is 11.6 Å². The van der Waals surface area contributed by atoms with E-state index in [1.54, 1.807) is 0 Å². The molecule has 1 rings (SSSR count). The highest BCUT2D eigenvalue weighted by atomic mass is 19.4. The number of alkyl halides is 3. The maximum absolute atomic E-state index is 13.0. The molecular weight excluding hydrogens is 299 g/mol. The summed E-state index contributed by atoms with van der Waals surface area (Å²) in [6, 6.07) is 0.763. The Morgan fingerprint density at radius 2 is 1.90 bits per heavy atom. The number of rotatable bonds is 3. The number of carbonyl (C=O) groups is 1. The number of halogens is 3. The Hall–Kier alpha value is -2.36. The van der Waals surface area contributed by atoms with Crippen LogP contribution in [0.15, 0.2) is 12.1 Å². The zero-order chi connectivity index (χ0) is 16.6. The minimum Gasteiger partial charge on any atom is -0.868 e. The van der Waals surface area contributed by atoms with Gasteiger partial charge in [0.2, 0.25) is 0 Å². The number of aryl methyl sites for hydroxylation is 1. The van der Waals surface area contributed by atoms with Crippen LogP contribution in [0.2, 0.25) is 0 Å². The summed E-state index contributed by atoms with van der Waals surface area (Å²) < 4.78 is 42.9. The van der Waals surface area contributed by atoms with E-state index in [1.807, 2.05) is 0 Å². The number of nitro benzene ring substituents is 1. The Balaban J connectivity index is 3.69. The van der Waals surface area contributed by atoms with Gasteiger partial charge in [0, 0.05) is 11.6 Å². The van der Waals surface area contributed by atoms with Crippen LogP contribution in [0.3, 0.4) is 0 Å². The molecule has 1 atom stereocenters. The zero-order valence-electron chi connectivity index (χ0n) is 10.7. The molecular formula is C11H9F3NO6-. The van der Waals surface area contributed by atoms with E-state index >= 15 is 0 Å². The number of esters is 1. The van der Waals surface area contributed by atoms with E-state index in [0.29, 0.717) is 13.2 Å². The number of nitro groups is 1. The SMILES string of the molecule is COC(=O)[C@@](O)(c1cc(C)c([O-])c([N+](=O)[O-])c1)C(F)(F)F. The highest BCUT2D eigenvalue weighted by Gasteiger charge is 2.62. The average molecular weight is 308 g/mol. The van der Waals surface area contributed by atoms with Crippen molar-refractivity contribution in [3.05, 3.63) is 33.4 Å². The smallest absolute Gasteiger partial charge is 0.432 e. The largest absolute Gasteiger partial charge is 0.868 e. The topological polar surface area (TPSA) is 113 Å². The van der Waals surface area contributed by atoms with Gasteiger partial charge < -0.3 is 14.9 Å². The molecule has 0 saturated heterocycles. The quantitative estimate of drug-likeness (QED) is 0.504. The van der Waals surface area contributed by atoms with Gasteiger partial charge in [0.05, 0.1) is 12.0 Å². The predicted molar refractivity (Wildman–Crippen MR) is 59.2 cm³/mol. The molecule has 0 unspecified atom stereocenters. The van der Waals surface area contributed by atoms with Gasteiger partial charge in [-0.05, 0) is 12.7 Å². The van der Waals surface area contributed by atoms with Crippen LogP contribution < -0.4 is 5.11 Å². The van der Waals surface area contributed by atoms with E-state index in [-0.39, 0.29) is 6.07 Å². The molecule has 7 nitrogen and oxygen atoms in total. The summed E-state index contributed by atoms with van der Waals surface area (Å²) in [5.74, 6) is -3.18. The third-order valence-electron chi connectivity index (χ3n) is 2.76. The number of methoxy groups -OCH3 is 1. The lowest BCUT2D eigenvalue weighted by molar-refractivity contribution is -0.398. The van der Waals surface area contributed by atoms with Crippen molar-refractivity contribution in [1.29, 1.82) is 0 Å². The second-order valence-electron chi connectivity index (χ2n) is 4.10. The summed E-state index contributed by atoms with van der Waals surface area (Å²) >= 11 is 0. The number of aliphatic hydroxyl groups is 1. The second kappa shape index (κ2) is 5.20. The Kier molecular flexibility index (Phi) is 4.14. The highest BCUT2D eigenvalue weighted by Crippen LogP contribution is 2.42. The van der Waals surface area contributed by atoms with Crippen LogP contribution in [-0.4, -0.2) is 29.3 Å². The van der Waals surface area contributed by atoms with Crippen LogP contribution in [0.5, 0.6) is 5.75 Å². The minimum absolute atomic E-state index is 0.208. The van der Waals surface area contributed by atoms with Gasteiger partial charge in [-0.3, -0.25) is 10.1 Å². The molecule has 116 valence electrons. The van der Waals surface area contributed by atoms with Gasteiger partial charge in [-0.2, -0.15) is 13.2 Å². The molecule has 0 heterocycles. The molecule has 1 N–H and O–H groups in total. The molecule has 0 amide bonds. The highest BCUT2D eigenvalue weighted by molar-refractivity contribution is 5.82. The van der Waals surface area contributed by atoms with Crippen molar-refractivity contribution in [2.24, 2.45) is 0 Å². The number of ether oxygens (including phenoxy) is 1. The summed E-state index contributed by atoms with van der Waals surface area (Å²) in [5.41, 5.74) is -6.88. The van der Waals surface area contributed by atoms with Crippen molar-refractivity contribution in [2.45, 2.75) is 18.7 Å². The first-order valence-electron chi connectivity index (χ1n) is 5.30. The van der Waals surface area contributed by atoms with Crippen molar-refractivity contribution < 1.29 is 37.8 Å². The van der Waals surface area contributed by atoms with E-state index in [2.05, 4.69) is 4.74 Å². The molecule has 10 heteroatoms. The normalized spacial score (nSPS) is 14.4. The van der Waals surface area contributed by atoms with Gasteiger partial charge in [-0.15, -0.1) is 0 Å². The summed E-state index contributed by atoms with van der Waals surface area (Å²) in [6.45, 7) is 1.02. The molecule has 0 radical (unpaired) electrons. The molecule has 1 aromatic carbocycles. The molecule has 21 heavy (non-hydrogen) atoms. The van der Waals surface area contributed by atoms with Crippen LogP contribution in [0.25, 0.3) is 0 Å². The van der Waals surface area contributed by atoms with E-state index in [4.69, 9.17) is 0 Å². The number of nitrogens with zero attached hydrogens (tertiary/aromatic N) is 1. The molecule has 0 aliphatic rings. The molecule has 0 fully saturated rings. The molecule has 0 spiro atoms. The lowest BCUT2D eigenvalue weighted by atomic mass is 9.91. The first-order chi connectivity index (χ1) is 9.46. The predicted octanol–water partition coefficient (Wildman–Crippen LogP) is 0.900. The molecule has 0 aliphatic heterocycles. The fourth-order valence-electron chi connectivity index (χ4n) is 1.64. The van der Waals surface area contributed by atoms with Gasteiger partial charge in [0.25, 0.3) is 11.3 Å². The average Bonchev–Trinajstić information content (AvgIpc) is 2.37. The van der Waals surface area contributed by atoms with E-state index in [9.17, 15) is 38.3 Å². The third-order valence-corrected chi connectivity index (χ3v) is 2.76. The lowest BCUT2D eigenvalue weighted by Gasteiger charge is -2.28. The van der Waals surface area contributed by atoms with Crippen molar-refractivity contribution in [3.8, 4) is 5.75 Å². The third kappa shape index (κ3) is 2.61. The maximum atomic E-state index is 13.0. The fourth-order valence-corrected chi connectivity index (χ4v) is 1.64. The van der Waals surface area contributed by atoms with Crippen molar-refractivity contribution in [1.82, 2.24) is 0 Å². The summed E-state index contributed by atoms with van der Waals surface area (Å²) in [4.78, 5) is 20.8. The summed E-state index contributed by atoms with van der Waals surface area (Å²) in [5, 5.41) is 31.8. The van der Waals surface area contributed by atoms with Crippen molar-refractivity contribution in [3.63, 3.8) is 0 Å². The van der Waals surface area contributed by atoms with E-state index in [0.717, 1.165) is 6.92 Å². The number of benzene rings is 1. The molecule has 0 aliphatic carbocycles. The van der Waals surface area contributed by atoms with Crippen molar-refractivity contribution >= 4 is 11.7 Å². The lowest BCUT2D eigenvalue weighted by Crippen LogP contribution is -2.50. The Bertz CT molecular complexity index is 600. The van der Waals surface area contributed by atoms with Gasteiger partial charge >= 0.3 is 12.1 Å². The maximum Gasteiger partial charge on any atom is 0.432 e. The van der Waals surface area contributed by atoms with Crippen LogP contribution in [0.4, 0.5) is 18.9 Å². The molecule has 0 saturated carbocycles. The second-order valence-corrected chi connectivity index (χ2v) is 4.10. The zero-order valence-corrected chi connectivity index (χ0v) is 10.7. The van der Waals surface area contributed by atoms with Gasteiger partial charge in [0.1, 0.15) is 0 Å². The van der Waals surface area contributed by atoms with Gasteiger partial charge in [-0.25, -0.2) is 4.79 Å².